The van der Waals surface area contributed by atoms with E-state index in [-0.39, 0.29) is 0 Å². The molecule has 0 aromatic heterocycles. The third-order valence-electron chi connectivity index (χ3n) is 1.88. The van der Waals surface area contributed by atoms with E-state index in [1.807, 2.05) is 0 Å². The Balaban J connectivity index is 3.44. The van der Waals surface area contributed by atoms with E-state index in [4.69, 9.17) is 0 Å². The first-order valence-corrected chi connectivity index (χ1v) is 5.38. The van der Waals surface area contributed by atoms with Crippen LogP contribution >= 0.6 is 0 Å². The van der Waals surface area contributed by atoms with Gasteiger partial charge >= 0.3 is 12.1 Å². The highest BCUT2D eigenvalue weighted by Crippen LogP contribution is 2.31. The number of methoxy groups -OCH3 is 1. The van der Waals surface area contributed by atoms with Crippen LogP contribution in [0.15, 0.2) is 23.1 Å². The van der Waals surface area contributed by atoms with Crippen LogP contribution in [0.1, 0.15) is 15.9 Å². The van der Waals surface area contributed by atoms with Gasteiger partial charge in [0.1, 0.15) is 0 Å². The normalized spacial score (nSPS) is 11.6. The fourth-order valence-corrected chi connectivity index (χ4v) is 1.60. The van der Waals surface area contributed by atoms with Gasteiger partial charge in [0.05, 0.1) is 23.1 Å². The number of thiol groups is 1. The van der Waals surface area contributed by atoms with Crippen molar-refractivity contribution in [1.29, 1.82) is 0 Å². The lowest BCUT2D eigenvalue weighted by molar-refractivity contribution is -0.137. The topological polar surface area (TPSA) is 60.4 Å². The van der Waals surface area contributed by atoms with Crippen molar-refractivity contribution in [3.63, 3.8) is 0 Å². The fourth-order valence-electron chi connectivity index (χ4n) is 1.12. The molecule has 0 fully saturated rings. The van der Waals surface area contributed by atoms with Gasteiger partial charge in [-0.05, 0) is 18.2 Å². The second kappa shape index (κ2) is 4.74. The lowest BCUT2D eigenvalue weighted by Gasteiger charge is -2.08. The van der Waals surface area contributed by atoms with Crippen LogP contribution in [-0.2, 0) is 21.6 Å². The number of esters is 1. The minimum absolute atomic E-state index is 0.456. The highest BCUT2D eigenvalue weighted by atomic mass is 32.2. The maximum Gasteiger partial charge on any atom is 0.416 e. The standard InChI is InChI=1S/C9H7F3O4S/c1-16-8(13)5-2-6(9(10,11)12)4-7(3-5)17(14)15/h2-4,17H,1H3. The van der Waals surface area contributed by atoms with Gasteiger partial charge in [-0.1, -0.05) is 0 Å². The second-order valence-corrected chi connectivity index (χ2v) is 4.05. The molecule has 0 N–H and O–H groups in total. The first-order chi connectivity index (χ1) is 7.75. The molecule has 94 valence electrons. The van der Waals surface area contributed by atoms with Crippen molar-refractivity contribution in [2.45, 2.75) is 11.1 Å². The summed E-state index contributed by atoms with van der Waals surface area (Å²) in [5.74, 6) is -1.03. The van der Waals surface area contributed by atoms with Gasteiger partial charge in [0.2, 0.25) is 0 Å². The average molecular weight is 268 g/mol. The van der Waals surface area contributed by atoms with E-state index in [1.165, 1.54) is 0 Å². The summed E-state index contributed by atoms with van der Waals surface area (Å²) in [6, 6.07) is 1.82. The summed E-state index contributed by atoms with van der Waals surface area (Å²) in [4.78, 5) is 10.5. The molecule has 0 saturated carbocycles. The Bertz CT molecular complexity index is 511. The third-order valence-corrected chi connectivity index (χ3v) is 2.56. The third kappa shape index (κ3) is 3.19. The smallest absolute Gasteiger partial charge is 0.416 e. The molecule has 0 saturated heterocycles. The Morgan fingerprint density at radius 2 is 1.82 bits per heavy atom. The monoisotopic (exact) mass is 268 g/mol. The van der Waals surface area contributed by atoms with E-state index in [2.05, 4.69) is 4.74 Å². The molecule has 0 spiro atoms. The molecule has 4 nitrogen and oxygen atoms in total. The summed E-state index contributed by atoms with van der Waals surface area (Å²) in [5, 5.41) is 0. The van der Waals surface area contributed by atoms with E-state index in [9.17, 15) is 26.4 Å². The molecule has 0 aliphatic rings. The lowest BCUT2D eigenvalue weighted by Crippen LogP contribution is -2.09. The predicted molar refractivity (Wildman–Crippen MR) is 51.4 cm³/mol. The highest BCUT2D eigenvalue weighted by molar-refractivity contribution is 7.72. The molecule has 0 amide bonds. The van der Waals surface area contributed by atoms with Crippen molar-refractivity contribution >= 4 is 16.7 Å². The first-order valence-electron chi connectivity index (χ1n) is 4.20. The van der Waals surface area contributed by atoms with Crippen LogP contribution < -0.4 is 0 Å². The number of carbonyl (C=O) groups is 1. The van der Waals surface area contributed by atoms with Crippen molar-refractivity contribution < 1.29 is 31.1 Å². The minimum Gasteiger partial charge on any atom is -0.465 e. The quantitative estimate of drug-likeness (QED) is 0.651. The van der Waals surface area contributed by atoms with Gasteiger partial charge in [0.25, 0.3) is 0 Å². The maximum atomic E-state index is 12.4. The number of carbonyl (C=O) groups excluding carboxylic acids is 1. The molecule has 0 heterocycles. The molecule has 0 atom stereocenters. The van der Waals surface area contributed by atoms with E-state index in [1.54, 1.807) is 0 Å². The second-order valence-electron chi connectivity index (χ2n) is 3.02. The van der Waals surface area contributed by atoms with Crippen LogP contribution in [0.25, 0.3) is 0 Å². The number of rotatable bonds is 2. The summed E-state index contributed by atoms with van der Waals surface area (Å²) in [6.07, 6.45) is -4.73. The van der Waals surface area contributed by atoms with Crippen LogP contribution in [0.4, 0.5) is 13.2 Å². The van der Waals surface area contributed by atoms with E-state index >= 15 is 0 Å². The van der Waals surface area contributed by atoms with Crippen molar-refractivity contribution in [2.24, 2.45) is 0 Å². The molecule has 0 aliphatic carbocycles. The number of halogens is 3. The molecule has 0 radical (unpaired) electrons. The number of benzene rings is 1. The fraction of sp³-hybridized carbons (Fsp3) is 0.222. The number of alkyl halides is 3. The average Bonchev–Trinajstić information content (AvgIpc) is 2.26. The van der Waals surface area contributed by atoms with Gasteiger partial charge in [-0.25, -0.2) is 13.2 Å². The van der Waals surface area contributed by atoms with Gasteiger partial charge in [-0.2, -0.15) is 13.2 Å². The summed E-state index contributed by atoms with van der Waals surface area (Å²) in [5.41, 5.74) is -1.67. The zero-order valence-corrected chi connectivity index (χ0v) is 9.34. The molecule has 1 rings (SSSR count). The molecule has 1 aromatic rings. The SMILES string of the molecule is COC(=O)c1cc([SH](=O)=O)cc(C(F)(F)F)c1. The summed E-state index contributed by atoms with van der Waals surface area (Å²) >= 11 is 0. The molecular formula is C9H7F3O4S. The maximum absolute atomic E-state index is 12.4. The Morgan fingerprint density at radius 3 is 2.24 bits per heavy atom. The van der Waals surface area contributed by atoms with Gasteiger partial charge < -0.3 is 4.74 Å². The predicted octanol–water partition coefficient (Wildman–Crippen LogP) is 1.46. The summed E-state index contributed by atoms with van der Waals surface area (Å²) < 4.78 is 62.8. The van der Waals surface area contributed by atoms with Crippen LogP contribution in [-0.4, -0.2) is 21.5 Å². The molecular weight excluding hydrogens is 261 g/mol. The van der Waals surface area contributed by atoms with Crippen molar-refractivity contribution in [3.05, 3.63) is 29.3 Å². The highest BCUT2D eigenvalue weighted by Gasteiger charge is 2.32. The summed E-state index contributed by atoms with van der Waals surface area (Å²) in [7, 11) is -2.23. The van der Waals surface area contributed by atoms with Crippen LogP contribution in [0.2, 0.25) is 0 Å². The van der Waals surface area contributed by atoms with Gasteiger partial charge in [-0.15, -0.1) is 0 Å². The Kier molecular flexibility index (Phi) is 3.76. The zero-order valence-electron chi connectivity index (χ0n) is 8.45. The van der Waals surface area contributed by atoms with Gasteiger partial charge in [-0.3, -0.25) is 0 Å². The number of hydrogen-bond acceptors (Lipinski definition) is 4. The Labute approximate surface area is 96.0 Å². The first kappa shape index (κ1) is 13.5. The molecule has 17 heavy (non-hydrogen) atoms. The van der Waals surface area contributed by atoms with Gasteiger partial charge in [0.15, 0.2) is 10.7 Å². The van der Waals surface area contributed by atoms with Crippen molar-refractivity contribution in [2.75, 3.05) is 7.11 Å². The molecule has 8 heteroatoms. The number of hydrogen-bond donors (Lipinski definition) is 1. The lowest BCUT2D eigenvalue weighted by atomic mass is 10.1. The van der Waals surface area contributed by atoms with Crippen LogP contribution in [0, 0.1) is 0 Å². The van der Waals surface area contributed by atoms with Crippen LogP contribution in [0.5, 0.6) is 0 Å². The molecule has 0 bridgehead atoms. The van der Waals surface area contributed by atoms with Crippen molar-refractivity contribution in [1.82, 2.24) is 0 Å². The largest absolute Gasteiger partial charge is 0.465 e. The minimum atomic E-state index is -4.73. The molecule has 1 aromatic carbocycles. The Morgan fingerprint density at radius 1 is 1.24 bits per heavy atom. The molecule has 0 unspecified atom stereocenters. The van der Waals surface area contributed by atoms with E-state index in [0.29, 0.717) is 12.1 Å². The molecule has 0 aliphatic heterocycles. The van der Waals surface area contributed by atoms with Gasteiger partial charge in [0, 0.05) is 0 Å². The van der Waals surface area contributed by atoms with Crippen LogP contribution in [0.3, 0.4) is 0 Å². The van der Waals surface area contributed by atoms with Crippen molar-refractivity contribution in [3.8, 4) is 0 Å². The summed E-state index contributed by atoms with van der Waals surface area (Å²) in [6.45, 7) is 0. The van der Waals surface area contributed by atoms with E-state index in [0.717, 1.165) is 13.2 Å². The number of ether oxygens (including phenoxy) is 1. The van der Waals surface area contributed by atoms with E-state index < -0.39 is 38.9 Å². The Hall–Kier alpha value is -1.57. The zero-order chi connectivity index (χ0) is 13.2.